The SMILES string of the molecule is C=C(C)[C@@H]1CC[C@]2(C)[C@H](C[C@@H](O[C@@H]3O[C@H](C)[C@@H](O)[C@H](O)[C@H]3O)[C@@H]3[C@@H]([C@@](C)(O)C/C=C/C(C)(C)O)CC[C@]32C)[C@@]1(C)CCC(=O)O. The highest BCUT2D eigenvalue weighted by Crippen LogP contribution is 2.74. The molecule has 0 aromatic rings. The Morgan fingerprint density at radius 3 is 2.22 bits per heavy atom. The van der Waals surface area contributed by atoms with Crippen LogP contribution in [0.15, 0.2) is 24.3 Å². The molecule has 4 fully saturated rings. The summed E-state index contributed by atoms with van der Waals surface area (Å²) in [6.07, 6.45) is 1.91. The van der Waals surface area contributed by atoms with Crippen LogP contribution >= 0.6 is 0 Å². The fourth-order valence-electron chi connectivity index (χ4n) is 10.5. The molecule has 0 unspecified atom stereocenters. The molecule has 0 aromatic carbocycles. The van der Waals surface area contributed by atoms with E-state index in [1.54, 1.807) is 26.8 Å². The van der Waals surface area contributed by atoms with Crippen LogP contribution in [-0.4, -0.2) is 84.6 Å². The molecule has 4 rings (SSSR count). The number of carboxylic acid groups (broad SMARTS) is 1. The number of hydrogen-bond acceptors (Lipinski definition) is 8. The molecule has 3 saturated carbocycles. The van der Waals surface area contributed by atoms with Crippen molar-refractivity contribution < 1.29 is 44.9 Å². The first-order chi connectivity index (χ1) is 20.6. The summed E-state index contributed by atoms with van der Waals surface area (Å²) in [5.74, 6) is -0.943. The quantitative estimate of drug-likeness (QED) is 0.149. The highest BCUT2D eigenvalue weighted by Gasteiger charge is 2.70. The molecule has 9 nitrogen and oxygen atoms in total. The van der Waals surface area contributed by atoms with E-state index in [9.17, 15) is 35.4 Å². The second-order valence-electron chi connectivity index (χ2n) is 16.6. The lowest BCUT2D eigenvalue weighted by Gasteiger charge is -2.68. The summed E-state index contributed by atoms with van der Waals surface area (Å²) in [5, 5.41) is 64.1. The van der Waals surface area contributed by atoms with Crippen LogP contribution in [-0.2, 0) is 14.3 Å². The number of carboxylic acids is 1. The van der Waals surface area contributed by atoms with Crippen molar-refractivity contribution in [3.05, 3.63) is 24.3 Å². The van der Waals surface area contributed by atoms with Gasteiger partial charge in [0, 0.05) is 6.42 Å². The summed E-state index contributed by atoms with van der Waals surface area (Å²) in [5.41, 5.74) is -1.94. The van der Waals surface area contributed by atoms with Gasteiger partial charge in [0.2, 0.25) is 0 Å². The number of allylic oxidation sites excluding steroid dienone is 1. The van der Waals surface area contributed by atoms with E-state index >= 15 is 0 Å². The van der Waals surface area contributed by atoms with Crippen molar-refractivity contribution in [3.63, 3.8) is 0 Å². The van der Waals surface area contributed by atoms with E-state index in [1.165, 1.54) is 0 Å². The molecule has 3 aliphatic carbocycles. The van der Waals surface area contributed by atoms with E-state index in [2.05, 4.69) is 27.4 Å². The van der Waals surface area contributed by atoms with Gasteiger partial charge in [-0.05, 0) is 119 Å². The zero-order valence-corrected chi connectivity index (χ0v) is 28.7. The number of rotatable bonds is 10. The Hall–Kier alpha value is -1.33. The Labute approximate surface area is 269 Å². The molecule has 0 radical (unpaired) electrons. The molecule has 0 amide bonds. The normalized spacial score (nSPS) is 46.8. The number of carbonyl (C=O) groups is 1. The molecule has 4 aliphatic rings. The number of aliphatic hydroxyl groups excluding tert-OH is 3. The number of ether oxygens (including phenoxy) is 2. The summed E-state index contributed by atoms with van der Waals surface area (Å²) in [4.78, 5) is 11.9. The fourth-order valence-corrected chi connectivity index (χ4v) is 10.5. The maximum absolute atomic E-state index is 12.1. The summed E-state index contributed by atoms with van der Waals surface area (Å²) < 4.78 is 12.7. The Kier molecular flexibility index (Phi) is 10.2. The van der Waals surface area contributed by atoms with Gasteiger partial charge < -0.3 is 40.1 Å². The predicted molar refractivity (Wildman–Crippen MR) is 171 cm³/mol. The van der Waals surface area contributed by atoms with Gasteiger partial charge in [0.25, 0.3) is 0 Å². The van der Waals surface area contributed by atoms with E-state index in [0.717, 1.165) is 31.3 Å². The lowest BCUT2D eigenvalue weighted by molar-refractivity contribution is -0.327. The second kappa shape index (κ2) is 12.6. The molecule has 0 spiro atoms. The van der Waals surface area contributed by atoms with Crippen LogP contribution in [0.2, 0.25) is 0 Å². The highest BCUT2D eigenvalue weighted by atomic mass is 16.7. The number of aliphatic hydroxyl groups is 5. The summed E-state index contributed by atoms with van der Waals surface area (Å²) >= 11 is 0. The minimum absolute atomic E-state index is 0.0510. The molecule has 1 saturated heterocycles. The van der Waals surface area contributed by atoms with Crippen LogP contribution < -0.4 is 0 Å². The minimum Gasteiger partial charge on any atom is -0.481 e. The standard InChI is InChI=1S/C36H60O9/c1-20(2)22-11-17-34(7)25(33(22,6)16-13-26(37)38)19-24(45-31-30(41)29(40)28(39)21(3)44-31)27-23(12-18-35(27,34)8)36(9,43)15-10-14-32(4,5)42/h10,14,21-25,27-31,39-43H,1,11-13,15-19H2,2-9H3,(H,37,38)/b14-10+/t21-,22+,23+,24-,25-,27+,28-,29+,30-,31+,33+,34-,35-,36+/m1/s1. The third kappa shape index (κ3) is 6.57. The van der Waals surface area contributed by atoms with Gasteiger partial charge in [-0.15, -0.1) is 0 Å². The predicted octanol–water partition coefficient (Wildman–Crippen LogP) is 4.58. The monoisotopic (exact) mass is 636 g/mol. The summed E-state index contributed by atoms with van der Waals surface area (Å²) in [6.45, 7) is 20.1. The van der Waals surface area contributed by atoms with Crippen molar-refractivity contribution in [2.45, 2.75) is 155 Å². The minimum atomic E-state index is -1.46. The van der Waals surface area contributed by atoms with Gasteiger partial charge in [0.05, 0.1) is 23.4 Å². The molecular formula is C36H60O9. The summed E-state index contributed by atoms with van der Waals surface area (Å²) in [7, 11) is 0. The zero-order valence-electron chi connectivity index (χ0n) is 28.7. The molecule has 0 aromatic heterocycles. The Bertz CT molecular complexity index is 1130. The fraction of sp³-hybridized carbons (Fsp3) is 0.861. The Balaban J connectivity index is 1.80. The van der Waals surface area contributed by atoms with Crippen LogP contribution in [0.5, 0.6) is 0 Å². The molecule has 9 heteroatoms. The third-order valence-electron chi connectivity index (χ3n) is 13.1. The van der Waals surface area contributed by atoms with Crippen LogP contribution in [0.4, 0.5) is 0 Å². The molecule has 1 aliphatic heterocycles. The van der Waals surface area contributed by atoms with Crippen LogP contribution in [0.3, 0.4) is 0 Å². The van der Waals surface area contributed by atoms with Gasteiger partial charge in [-0.3, -0.25) is 4.79 Å². The van der Waals surface area contributed by atoms with Crippen molar-refractivity contribution in [2.24, 2.45) is 39.9 Å². The van der Waals surface area contributed by atoms with E-state index < -0.39 is 54.0 Å². The second-order valence-corrected chi connectivity index (χ2v) is 16.6. The van der Waals surface area contributed by atoms with Gasteiger partial charge >= 0.3 is 5.97 Å². The molecule has 6 N–H and O–H groups in total. The van der Waals surface area contributed by atoms with Gasteiger partial charge in [0.1, 0.15) is 18.3 Å². The van der Waals surface area contributed by atoms with Crippen molar-refractivity contribution in [3.8, 4) is 0 Å². The lowest BCUT2D eigenvalue weighted by Crippen LogP contribution is -2.65. The molecule has 45 heavy (non-hydrogen) atoms. The average molecular weight is 637 g/mol. The van der Waals surface area contributed by atoms with Crippen LogP contribution in [0, 0.1) is 39.9 Å². The first-order valence-corrected chi connectivity index (χ1v) is 16.9. The van der Waals surface area contributed by atoms with E-state index in [-0.39, 0.29) is 46.3 Å². The van der Waals surface area contributed by atoms with E-state index in [0.29, 0.717) is 19.3 Å². The van der Waals surface area contributed by atoms with Crippen molar-refractivity contribution >= 4 is 5.97 Å². The maximum atomic E-state index is 12.1. The number of hydrogen-bond donors (Lipinski definition) is 6. The van der Waals surface area contributed by atoms with E-state index in [1.807, 2.05) is 19.9 Å². The van der Waals surface area contributed by atoms with Crippen molar-refractivity contribution in [1.29, 1.82) is 0 Å². The molecule has 0 bridgehead atoms. The maximum Gasteiger partial charge on any atom is 0.303 e. The Morgan fingerprint density at radius 1 is 1.02 bits per heavy atom. The molecule has 1 heterocycles. The topological polar surface area (TPSA) is 157 Å². The van der Waals surface area contributed by atoms with Crippen molar-refractivity contribution in [2.75, 3.05) is 0 Å². The first-order valence-electron chi connectivity index (χ1n) is 16.9. The van der Waals surface area contributed by atoms with Gasteiger partial charge in [-0.2, -0.15) is 0 Å². The molecule has 14 atom stereocenters. The van der Waals surface area contributed by atoms with Gasteiger partial charge in [-0.1, -0.05) is 45.1 Å². The first kappa shape index (κ1) is 36.5. The largest absolute Gasteiger partial charge is 0.481 e. The van der Waals surface area contributed by atoms with Gasteiger partial charge in [-0.25, -0.2) is 0 Å². The van der Waals surface area contributed by atoms with Crippen LogP contribution in [0.1, 0.15) is 107 Å². The number of fused-ring (bicyclic) bond motifs is 3. The third-order valence-corrected chi connectivity index (χ3v) is 13.1. The zero-order chi connectivity index (χ0) is 33.9. The molecular weight excluding hydrogens is 576 g/mol. The molecule has 258 valence electrons. The lowest BCUT2D eigenvalue weighted by atomic mass is 9.37. The smallest absolute Gasteiger partial charge is 0.303 e. The van der Waals surface area contributed by atoms with E-state index in [4.69, 9.17) is 9.47 Å². The summed E-state index contributed by atoms with van der Waals surface area (Å²) in [6, 6.07) is 0. The van der Waals surface area contributed by atoms with Gasteiger partial charge in [0.15, 0.2) is 6.29 Å². The average Bonchev–Trinajstić information content (AvgIpc) is 3.30. The number of aliphatic carboxylic acids is 1. The van der Waals surface area contributed by atoms with Crippen LogP contribution in [0.25, 0.3) is 0 Å². The van der Waals surface area contributed by atoms with Crippen molar-refractivity contribution in [1.82, 2.24) is 0 Å². The Morgan fingerprint density at radius 2 is 1.64 bits per heavy atom. The highest BCUT2D eigenvalue weighted by molar-refractivity contribution is 5.66.